The molecule has 1 rings (SSSR count). The van der Waals surface area contributed by atoms with Gasteiger partial charge in [0.25, 0.3) is 0 Å². The summed E-state index contributed by atoms with van der Waals surface area (Å²) in [6, 6.07) is 0. The van der Waals surface area contributed by atoms with E-state index in [1.807, 2.05) is 0 Å². The smallest absolute Gasteiger partial charge is 0.303 e. The number of thioether (sulfide) groups is 1. The molecule has 1 aliphatic heterocycles. The zero-order valence-electron chi connectivity index (χ0n) is 15.6. The minimum Gasteiger partial charge on any atom is -0.463 e. The van der Waals surface area contributed by atoms with Crippen molar-refractivity contribution in [1.82, 2.24) is 0 Å². The van der Waals surface area contributed by atoms with E-state index in [2.05, 4.69) is 0 Å². The van der Waals surface area contributed by atoms with E-state index in [0.717, 1.165) is 20.8 Å². The average molecular weight is 406 g/mol. The van der Waals surface area contributed by atoms with Gasteiger partial charge in [0.1, 0.15) is 12.7 Å². The molecule has 0 aromatic carbocycles. The fraction of sp³-hybridized carbons (Fsp3) is 0.688. The van der Waals surface area contributed by atoms with Crippen molar-refractivity contribution >= 4 is 40.8 Å². The van der Waals surface area contributed by atoms with Crippen LogP contribution in [0.5, 0.6) is 0 Å². The number of hydrogen-bond acceptors (Lipinski definition) is 11. The van der Waals surface area contributed by atoms with Gasteiger partial charge in [0.15, 0.2) is 28.9 Å². The van der Waals surface area contributed by atoms with E-state index < -0.39 is 53.7 Å². The molecule has 2 unspecified atom stereocenters. The maximum absolute atomic E-state index is 11.6. The van der Waals surface area contributed by atoms with Crippen LogP contribution in [-0.2, 0) is 47.7 Å². The molecule has 0 aromatic rings. The SMILES string of the molecule is CC(=O)OCC1O[C@@H](SC(C)=O)[C@H](OC(C)=O)C(OC(C)=O)[C@H]1OC(C)=O. The van der Waals surface area contributed by atoms with E-state index in [-0.39, 0.29) is 11.7 Å². The van der Waals surface area contributed by atoms with Crippen LogP contribution in [0.4, 0.5) is 0 Å². The molecular weight excluding hydrogens is 384 g/mol. The van der Waals surface area contributed by atoms with E-state index in [1.54, 1.807) is 0 Å². The third-order valence-electron chi connectivity index (χ3n) is 3.23. The van der Waals surface area contributed by atoms with Crippen LogP contribution < -0.4 is 0 Å². The van der Waals surface area contributed by atoms with Gasteiger partial charge in [0.2, 0.25) is 0 Å². The van der Waals surface area contributed by atoms with Crippen molar-refractivity contribution in [2.24, 2.45) is 0 Å². The number of ether oxygens (including phenoxy) is 5. The van der Waals surface area contributed by atoms with Crippen LogP contribution in [0.1, 0.15) is 34.6 Å². The number of carbonyl (C=O) groups excluding carboxylic acids is 5. The van der Waals surface area contributed by atoms with Gasteiger partial charge >= 0.3 is 23.9 Å². The Labute approximate surface area is 160 Å². The highest BCUT2D eigenvalue weighted by Gasteiger charge is 2.52. The summed E-state index contributed by atoms with van der Waals surface area (Å²) in [5.74, 6) is -2.76. The van der Waals surface area contributed by atoms with Gasteiger partial charge in [-0.15, -0.1) is 0 Å². The molecule has 0 N–H and O–H groups in total. The summed E-state index contributed by atoms with van der Waals surface area (Å²) in [4.78, 5) is 57.3. The molecule has 27 heavy (non-hydrogen) atoms. The van der Waals surface area contributed by atoms with Gasteiger partial charge in [0, 0.05) is 34.6 Å². The summed E-state index contributed by atoms with van der Waals surface area (Å²) in [6.45, 7) is 5.51. The monoisotopic (exact) mass is 406 g/mol. The number of hydrogen-bond donors (Lipinski definition) is 0. The van der Waals surface area contributed by atoms with Crippen molar-refractivity contribution in [3.05, 3.63) is 0 Å². The molecule has 0 bridgehead atoms. The molecule has 1 saturated heterocycles. The highest BCUT2D eigenvalue weighted by molar-refractivity contribution is 8.14. The molecule has 0 aromatic heterocycles. The van der Waals surface area contributed by atoms with E-state index in [9.17, 15) is 24.0 Å². The first-order valence-corrected chi connectivity index (χ1v) is 8.87. The molecule has 1 fully saturated rings. The first-order valence-electron chi connectivity index (χ1n) is 7.99. The summed E-state index contributed by atoms with van der Waals surface area (Å²) in [7, 11) is 0. The van der Waals surface area contributed by atoms with Crippen LogP contribution in [0.15, 0.2) is 0 Å². The zero-order valence-corrected chi connectivity index (χ0v) is 16.4. The van der Waals surface area contributed by atoms with E-state index >= 15 is 0 Å². The van der Waals surface area contributed by atoms with Crippen molar-refractivity contribution in [3.63, 3.8) is 0 Å². The lowest BCUT2D eigenvalue weighted by molar-refractivity contribution is -0.237. The summed E-state index contributed by atoms with van der Waals surface area (Å²) in [6.07, 6.45) is -4.76. The molecule has 11 heteroatoms. The van der Waals surface area contributed by atoms with Crippen molar-refractivity contribution < 1.29 is 47.7 Å². The van der Waals surface area contributed by atoms with Gasteiger partial charge in [-0.3, -0.25) is 24.0 Å². The molecule has 0 radical (unpaired) electrons. The third-order valence-corrected chi connectivity index (χ3v) is 4.17. The second kappa shape index (κ2) is 10.3. The molecule has 1 heterocycles. The fourth-order valence-corrected chi connectivity index (χ4v) is 3.32. The highest BCUT2D eigenvalue weighted by atomic mass is 32.2. The number of carbonyl (C=O) groups is 5. The summed E-state index contributed by atoms with van der Waals surface area (Å²) in [5, 5.41) is -0.351. The normalized spacial score (nSPS) is 27.2. The lowest BCUT2D eigenvalue weighted by Crippen LogP contribution is -2.61. The maximum Gasteiger partial charge on any atom is 0.303 e. The first kappa shape index (κ1) is 22.9. The number of esters is 4. The van der Waals surface area contributed by atoms with Crippen LogP contribution in [0.3, 0.4) is 0 Å². The van der Waals surface area contributed by atoms with E-state index in [4.69, 9.17) is 23.7 Å². The highest BCUT2D eigenvalue weighted by Crippen LogP contribution is 2.34. The minimum absolute atomic E-state index is 0.327. The van der Waals surface area contributed by atoms with Gasteiger partial charge in [0.05, 0.1) is 0 Å². The molecule has 0 saturated carbocycles. The molecular formula is C16H22O10S. The van der Waals surface area contributed by atoms with Crippen LogP contribution in [0.25, 0.3) is 0 Å². The van der Waals surface area contributed by atoms with Gasteiger partial charge in [-0.1, -0.05) is 11.8 Å². The van der Waals surface area contributed by atoms with Gasteiger partial charge in [-0.2, -0.15) is 0 Å². The lowest BCUT2D eigenvalue weighted by atomic mass is 9.99. The van der Waals surface area contributed by atoms with Crippen molar-refractivity contribution in [1.29, 1.82) is 0 Å². The lowest BCUT2D eigenvalue weighted by Gasteiger charge is -2.43. The topological polar surface area (TPSA) is 132 Å². The quantitative estimate of drug-likeness (QED) is 0.447. The summed E-state index contributed by atoms with van der Waals surface area (Å²) >= 11 is 0.705. The van der Waals surface area contributed by atoms with Crippen LogP contribution in [0.2, 0.25) is 0 Å². The van der Waals surface area contributed by atoms with Gasteiger partial charge in [-0.05, 0) is 0 Å². The Morgan fingerprint density at radius 2 is 1.22 bits per heavy atom. The Morgan fingerprint density at radius 1 is 0.741 bits per heavy atom. The largest absolute Gasteiger partial charge is 0.463 e. The molecule has 0 aliphatic carbocycles. The maximum atomic E-state index is 11.6. The standard InChI is InChI=1S/C16H22O10S/c1-7(17)22-6-12-13(23-8(2)18)14(24-9(3)19)15(25-10(4)20)16(26-12)27-11(5)21/h12-16H,6H2,1-5H3/t12?,13-,14?,15+,16-/m0/s1. The van der Waals surface area contributed by atoms with Gasteiger partial charge < -0.3 is 23.7 Å². The van der Waals surface area contributed by atoms with E-state index in [0.29, 0.717) is 11.8 Å². The minimum atomic E-state index is -1.26. The van der Waals surface area contributed by atoms with Crippen molar-refractivity contribution in [2.75, 3.05) is 6.61 Å². The van der Waals surface area contributed by atoms with Gasteiger partial charge in [-0.25, -0.2) is 0 Å². The third kappa shape index (κ3) is 7.55. The first-order chi connectivity index (χ1) is 12.5. The van der Waals surface area contributed by atoms with Crippen LogP contribution in [-0.4, -0.2) is 65.5 Å². The molecule has 0 spiro atoms. The summed E-state index contributed by atoms with van der Waals surface area (Å²) in [5.41, 5.74) is -1.07. The Morgan fingerprint density at radius 3 is 1.67 bits per heavy atom. The fourth-order valence-electron chi connectivity index (χ4n) is 2.45. The van der Waals surface area contributed by atoms with Crippen molar-refractivity contribution in [2.45, 2.75) is 64.5 Å². The van der Waals surface area contributed by atoms with Crippen LogP contribution in [0, 0.1) is 0 Å². The second-order valence-corrected chi connectivity index (χ2v) is 6.95. The Hall–Kier alpha value is -2.14. The Balaban J connectivity index is 3.29. The Bertz CT molecular complexity index is 604. The average Bonchev–Trinajstić information content (AvgIpc) is 2.49. The van der Waals surface area contributed by atoms with Crippen molar-refractivity contribution in [3.8, 4) is 0 Å². The number of rotatable bonds is 6. The molecule has 152 valence electrons. The van der Waals surface area contributed by atoms with Crippen LogP contribution >= 0.6 is 11.8 Å². The second-order valence-electron chi connectivity index (χ2n) is 5.68. The molecule has 10 nitrogen and oxygen atoms in total. The van der Waals surface area contributed by atoms with E-state index in [1.165, 1.54) is 13.8 Å². The predicted octanol–water partition coefficient (Wildman–Crippen LogP) is 0.349. The molecule has 5 atom stereocenters. The summed E-state index contributed by atoms with van der Waals surface area (Å²) < 4.78 is 26.2. The Kier molecular flexibility index (Phi) is 8.70. The zero-order chi connectivity index (χ0) is 20.7. The molecule has 0 amide bonds. The molecule has 1 aliphatic rings. The predicted molar refractivity (Wildman–Crippen MR) is 90.2 cm³/mol.